The highest BCUT2D eigenvalue weighted by atomic mass is 16.5. The third kappa shape index (κ3) is 3.73. The van der Waals surface area contributed by atoms with Crippen molar-refractivity contribution in [1.82, 2.24) is 9.78 Å². The van der Waals surface area contributed by atoms with Crippen LogP contribution in [0.5, 0.6) is 5.75 Å². The molecule has 1 aromatic heterocycles. The average molecular weight is 376 g/mol. The van der Waals surface area contributed by atoms with E-state index in [-0.39, 0.29) is 11.8 Å². The van der Waals surface area contributed by atoms with Crippen LogP contribution in [0.1, 0.15) is 25.1 Å². The van der Waals surface area contributed by atoms with Gasteiger partial charge in [0.25, 0.3) is 0 Å². The number of nitrogens with zero attached hydrogens (tertiary/aromatic N) is 2. The maximum absolute atomic E-state index is 11.2. The molecule has 0 aliphatic carbocycles. The summed E-state index contributed by atoms with van der Waals surface area (Å²) in [5.74, 6) is 0.535. The Kier molecular flexibility index (Phi) is 4.57. The van der Waals surface area contributed by atoms with Gasteiger partial charge >= 0.3 is 0 Å². The zero-order chi connectivity index (χ0) is 19.7. The second-order valence-corrected chi connectivity index (χ2v) is 6.73. The zero-order valence-electron chi connectivity index (χ0n) is 15.7. The van der Waals surface area contributed by atoms with Gasteiger partial charge in [-0.15, -0.1) is 0 Å². The van der Waals surface area contributed by atoms with Crippen molar-refractivity contribution in [2.24, 2.45) is 0 Å². The van der Waals surface area contributed by atoms with Gasteiger partial charge in [-0.2, -0.15) is 5.10 Å². The van der Waals surface area contributed by atoms with Crippen LogP contribution >= 0.6 is 0 Å². The van der Waals surface area contributed by atoms with E-state index in [2.05, 4.69) is 10.6 Å². The molecule has 7 heteroatoms. The molecule has 0 fully saturated rings. The maximum atomic E-state index is 11.2. The number of hydrogen-bond acceptors (Lipinski definition) is 4. The highest BCUT2D eigenvalue weighted by molar-refractivity contribution is 5.89. The molecule has 2 N–H and O–H groups in total. The van der Waals surface area contributed by atoms with Crippen LogP contribution in [0.4, 0.5) is 11.4 Å². The number of fused-ring (bicyclic) bond motifs is 2. The van der Waals surface area contributed by atoms with E-state index in [0.29, 0.717) is 18.8 Å². The number of ether oxygens (including phenoxy) is 1. The van der Waals surface area contributed by atoms with Crippen molar-refractivity contribution >= 4 is 23.2 Å². The molecule has 1 aliphatic heterocycles. The maximum Gasteiger partial charge on any atom is 0.221 e. The number of aromatic nitrogens is 2. The lowest BCUT2D eigenvalue weighted by atomic mass is 10.1. The van der Waals surface area contributed by atoms with Crippen LogP contribution in [0.3, 0.4) is 0 Å². The van der Waals surface area contributed by atoms with Crippen LogP contribution in [0.15, 0.2) is 48.5 Å². The minimum Gasteiger partial charge on any atom is -0.487 e. The van der Waals surface area contributed by atoms with E-state index in [9.17, 15) is 9.59 Å². The van der Waals surface area contributed by atoms with E-state index in [1.807, 2.05) is 53.2 Å². The molecule has 0 saturated heterocycles. The largest absolute Gasteiger partial charge is 0.487 e. The predicted octanol–water partition coefficient (Wildman–Crippen LogP) is 3.41. The molecule has 4 rings (SSSR count). The molecule has 0 radical (unpaired) electrons. The third-order valence-electron chi connectivity index (χ3n) is 4.45. The van der Waals surface area contributed by atoms with Gasteiger partial charge in [0.05, 0.1) is 17.9 Å². The van der Waals surface area contributed by atoms with Gasteiger partial charge < -0.3 is 15.4 Å². The summed E-state index contributed by atoms with van der Waals surface area (Å²) in [6, 6.07) is 15.2. The van der Waals surface area contributed by atoms with Gasteiger partial charge in [-0.25, -0.2) is 0 Å². The van der Waals surface area contributed by atoms with Crippen LogP contribution < -0.4 is 15.4 Å². The fourth-order valence-electron chi connectivity index (χ4n) is 3.19. The molecule has 3 aromatic rings. The molecule has 0 saturated carbocycles. The molecule has 0 atom stereocenters. The van der Waals surface area contributed by atoms with Crippen LogP contribution in [0.25, 0.3) is 11.3 Å². The molecule has 2 amide bonds. The van der Waals surface area contributed by atoms with E-state index in [1.54, 1.807) is 0 Å². The average Bonchev–Trinajstić information content (AvgIpc) is 2.96. The van der Waals surface area contributed by atoms with Gasteiger partial charge in [0, 0.05) is 42.4 Å². The molecular weight excluding hydrogens is 356 g/mol. The summed E-state index contributed by atoms with van der Waals surface area (Å²) in [6.07, 6.45) is 0. The first kappa shape index (κ1) is 17.8. The van der Waals surface area contributed by atoms with Crippen molar-refractivity contribution in [3.63, 3.8) is 0 Å². The van der Waals surface area contributed by atoms with Crippen LogP contribution in [0, 0.1) is 0 Å². The molecular formula is C21H20N4O3. The lowest BCUT2D eigenvalue weighted by Crippen LogP contribution is -2.06. The normalized spacial score (nSPS) is 12.2. The Morgan fingerprint density at radius 2 is 1.64 bits per heavy atom. The molecule has 0 spiro atoms. The molecule has 1 aliphatic rings. The number of benzene rings is 2. The van der Waals surface area contributed by atoms with Crippen molar-refractivity contribution in [2.75, 3.05) is 10.6 Å². The minimum atomic E-state index is -0.115. The van der Waals surface area contributed by atoms with Crippen molar-refractivity contribution in [2.45, 2.75) is 27.0 Å². The number of carbonyl (C=O) groups is 2. The van der Waals surface area contributed by atoms with E-state index < -0.39 is 0 Å². The molecule has 142 valence electrons. The summed E-state index contributed by atoms with van der Waals surface area (Å²) in [7, 11) is 0. The predicted molar refractivity (Wildman–Crippen MR) is 106 cm³/mol. The number of amides is 2. The molecule has 2 heterocycles. The lowest BCUT2D eigenvalue weighted by Gasteiger charge is -2.09. The molecule has 0 bridgehead atoms. The molecule has 2 aromatic carbocycles. The van der Waals surface area contributed by atoms with Crippen LogP contribution in [0.2, 0.25) is 0 Å². The highest BCUT2D eigenvalue weighted by Gasteiger charge is 2.17. The summed E-state index contributed by atoms with van der Waals surface area (Å²) in [5.41, 5.74) is 5.26. The fourth-order valence-corrected chi connectivity index (χ4v) is 3.19. The third-order valence-corrected chi connectivity index (χ3v) is 4.45. The quantitative estimate of drug-likeness (QED) is 0.734. The standard InChI is InChI=1S/C21H20N4O3/c1-13(26)22-17-6-3-15(4-7-17)20-10-19-12-28-21-9-18(23-14(2)27)8-5-16(21)11-25(19)24-20/h3-10H,11-12H2,1-2H3,(H,22,26)(H,23,27). The van der Waals surface area contributed by atoms with Gasteiger partial charge in [0.1, 0.15) is 12.4 Å². The van der Waals surface area contributed by atoms with E-state index >= 15 is 0 Å². The summed E-state index contributed by atoms with van der Waals surface area (Å²) >= 11 is 0. The lowest BCUT2D eigenvalue weighted by molar-refractivity contribution is -0.115. The van der Waals surface area contributed by atoms with Crippen LogP contribution in [-0.2, 0) is 22.7 Å². The Balaban J connectivity index is 1.57. The number of hydrogen-bond donors (Lipinski definition) is 2. The van der Waals surface area contributed by atoms with Gasteiger partial charge in [0.2, 0.25) is 11.8 Å². The monoisotopic (exact) mass is 376 g/mol. The first-order chi connectivity index (χ1) is 13.5. The SMILES string of the molecule is CC(=O)Nc1ccc(-c2cc3n(n2)Cc2ccc(NC(C)=O)cc2OC3)cc1. The zero-order valence-corrected chi connectivity index (χ0v) is 15.7. The fraction of sp³-hybridized carbons (Fsp3) is 0.190. The van der Waals surface area contributed by atoms with E-state index in [4.69, 9.17) is 9.84 Å². The van der Waals surface area contributed by atoms with Crippen LogP contribution in [-0.4, -0.2) is 21.6 Å². The molecule has 7 nitrogen and oxygen atoms in total. The van der Waals surface area contributed by atoms with Crippen molar-refractivity contribution < 1.29 is 14.3 Å². The Labute approximate surface area is 162 Å². The van der Waals surface area contributed by atoms with Crippen molar-refractivity contribution in [3.05, 3.63) is 59.8 Å². The summed E-state index contributed by atoms with van der Waals surface area (Å²) in [6.45, 7) is 3.95. The van der Waals surface area contributed by atoms with E-state index in [0.717, 1.165) is 34.0 Å². The van der Waals surface area contributed by atoms with E-state index in [1.165, 1.54) is 13.8 Å². The van der Waals surface area contributed by atoms with Crippen molar-refractivity contribution in [1.29, 1.82) is 0 Å². The van der Waals surface area contributed by atoms with Gasteiger partial charge in [-0.3, -0.25) is 14.3 Å². The number of anilines is 2. The smallest absolute Gasteiger partial charge is 0.221 e. The summed E-state index contributed by atoms with van der Waals surface area (Å²) in [4.78, 5) is 22.4. The number of nitrogens with one attached hydrogen (secondary N) is 2. The minimum absolute atomic E-state index is 0.0982. The second-order valence-electron chi connectivity index (χ2n) is 6.73. The Morgan fingerprint density at radius 3 is 2.36 bits per heavy atom. The van der Waals surface area contributed by atoms with Gasteiger partial charge in [-0.1, -0.05) is 18.2 Å². The first-order valence-corrected chi connectivity index (χ1v) is 8.96. The molecule has 28 heavy (non-hydrogen) atoms. The Bertz CT molecular complexity index is 1050. The Hall–Kier alpha value is -3.61. The Morgan fingerprint density at radius 1 is 0.964 bits per heavy atom. The van der Waals surface area contributed by atoms with Crippen molar-refractivity contribution in [3.8, 4) is 17.0 Å². The summed E-state index contributed by atoms with van der Waals surface area (Å²) in [5, 5.41) is 10.2. The second kappa shape index (κ2) is 7.19. The number of carbonyl (C=O) groups excluding carboxylic acids is 2. The first-order valence-electron chi connectivity index (χ1n) is 8.96. The number of rotatable bonds is 3. The van der Waals surface area contributed by atoms with Gasteiger partial charge in [0.15, 0.2) is 0 Å². The summed E-state index contributed by atoms with van der Waals surface area (Å²) < 4.78 is 7.88. The van der Waals surface area contributed by atoms with Gasteiger partial charge in [-0.05, 0) is 24.3 Å². The molecule has 0 unspecified atom stereocenters. The highest BCUT2D eigenvalue weighted by Crippen LogP contribution is 2.30. The topological polar surface area (TPSA) is 85.3 Å².